The second kappa shape index (κ2) is 3.21. The van der Waals surface area contributed by atoms with Gasteiger partial charge in [0.25, 0.3) is 0 Å². The second-order valence-corrected chi connectivity index (χ2v) is 5.86. The Bertz CT molecular complexity index is 208. The first-order valence-electron chi connectivity index (χ1n) is 6.22. The zero-order valence-corrected chi connectivity index (χ0v) is 9.15. The average Bonchev–Trinajstić information content (AvgIpc) is 2.69. The van der Waals surface area contributed by atoms with Crippen LogP contribution in [0.2, 0.25) is 0 Å². The monoisotopic (exact) mass is 194 g/mol. The zero-order valence-electron chi connectivity index (χ0n) is 9.15. The van der Waals surface area contributed by atoms with Gasteiger partial charge in [-0.2, -0.15) is 0 Å². The van der Waals surface area contributed by atoms with Crippen LogP contribution in [0.15, 0.2) is 0 Å². The maximum absolute atomic E-state index is 5.87. The SMILES string of the molecule is C[C@H](N)CN1C[C@@H]2C3CCC(C3)[C@@H]2C1. The van der Waals surface area contributed by atoms with Crippen LogP contribution in [0.25, 0.3) is 0 Å². The molecule has 0 radical (unpaired) electrons. The second-order valence-electron chi connectivity index (χ2n) is 5.86. The van der Waals surface area contributed by atoms with Crippen LogP contribution < -0.4 is 5.73 Å². The zero-order chi connectivity index (χ0) is 9.71. The van der Waals surface area contributed by atoms with Crippen LogP contribution in [0, 0.1) is 23.7 Å². The smallest absolute Gasteiger partial charge is 0.0139 e. The van der Waals surface area contributed by atoms with Crippen molar-refractivity contribution in [1.82, 2.24) is 4.90 Å². The molecule has 2 saturated carbocycles. The van der Waals surface area contributed by atoms with Gasteiger partial charge < -0.3 is 10.6 Å². The minimum absolute atomic E-state index is 0.353. The summed E-state index contributed by atoms with van der Waals surface area (Å²) in [6.07, 6.45) is 4.61. The predicted molar refractivity (Wildman–Crippen MR) is 57.9 cm³/mol. The molecule has 2 nitrogen and oxygen atoms in total. The van der Waals surface area contributed by atoms with Crippen LogP contribution in [0.1, 0.15) is 26.2 Å². The van der Waals surface area contributed by atoms with Crippen molar-refractivity contribution >= 4 is 0 Å². The van der Waals surface area contributed by atoms with Crippen molar-refractivity contribution in [2.45, 2.75) is 32.2 Å². The van der Waals surface area contributed by atoms with Crippen LogP contribution >= 0.6 is 0 Å². The van der Waals surface area contributed by atoms with Crippen LogP contribution in [0.3, 0.4) is 0 Å². The highest BCUT2D eigenvalue weighted by Gasteiger charge is 2.51. The fourth-order valence-electron chi connectivity index (χ4n) is 4.33. The third kappa shape index (κ3) is 1.31. The third-order valence-corrected chi connectivity index (χ3v) is 4.76. The Morgan fingerprint density at radius 2 is 1.79 bits per heavy atom. The molecule has 0 aromatic heterocycles. The molecule has 3 fully saturated rings. The third-order valence-electron chi connectivity index (χ3n) is 4.76. The molecule has 2 bridgehead atoms. The largest absolute Gasteiger partial charge is 0.327 e. The van der Waals surface area contributed by atoms with Gasteiger partial charge in [-0.05, 0) is 49.9 Å². The normalized spacial score (nSPS) is 48.4. The van der Waals surface area contributed by atoms with E-state index in [1.807, 2.05) is 0 Å². The highest BCUT2D eigenvalue weighted by molar-refractivity contribution is 5.02. The Morgan fingerprint density at radius 3 is 2.29 bits per heavy atom. The fraction of sp³-hybridized carbons (Fsp3) is 1.00. The Morgan fingerprint density at radius 1 is 1.21 bits per heavy atom. The Balaban J connectivity index is 1.65. The lowest BCUT2D eigenvalue weighted by atomic mass is 9.82. The van der Waals surface area contributed by atoms with Gasteiger partial charge in [0.1, 0.15) is 0 Å². The van der Waals surface area contributed by atoms with Gasteiger partial charge in [0.2, 0.25) is 0 Å². The number of hydrogen-bond donors (Lipinski definition) is 1. The van der Waals surface area contributed by atoms with Gasteiger partial charge in [0, 0.05) is 25.7 Å². The molecule has 0 aromatic rings. The van der Waals surface area contributed by atoms with E-state index in [1.54, 1.807) is 6.42 Å². The summed E-state index contributed by atoms with van der Waals surface area (Å²) in [6, 6.07) is 0.353. The quantitative estimate of drug-likeness (QED) is 0.718. The predicted octanol–water partition coefficient (Wildman–Crippen LogP) is 1.31. The highest BCUT2D eigenvalue weighted by atomic mass is 15.2. The molecule has 0 aromatic carbocycles. The molecule has 0 amide bonds. The lowest BCUT2D eigenvalue weighted by Gasteiger charge is -2.22. The van der Waals surface area contributed by atoms with Gasteiger partial charge in [0.05, 0.1) is 0 Å². The Hall–Kier alpha value is -0.0800. The highest BCUT2D eigenvalue weighted by Crippen LogP contribution is 2.54. The molecule has 80 valence electrons. The summed E-state index contributed by atoms with van der Waals surface area (Å²) in [5, 5.41) is 0. The van der Waals surface area contributed by atoms with Gasteiger partial charge in [0.15, 0.2) is 0 Å². The van der Waals surface area contributed by atoms with Crippen LogP contribution in [0.4, 0.5) is 0 Å². The lowest BCUT2D eigenvalue weighted by Crippen LogP contribution is -2.35. The van der Waals surface area contributed by atoms with E-state index in [1.165, 1.54) is 25.9 Å². The average molecular weight is 194 g/mol. The molecule has 1 saturated heterocycles. The van der Waals surface area contributed by atoms with E-state index in [-0.39, 0.29) is 0 Å². The van der Waals surface area contributed by atoms with Gasteiger partial charge in [-0.3, -0.25) is 0 Å². The summed E-state index contributed by atoms with van der Waals surface area (Å²) in [6.45, 7) is 5.95. The van der Waals surface area contributed by atoms with E-state index in [2.05, 4.69) is 11.8 Å². The Labute approximate surface area is 86.8 Å². The van der Waals surface area contributed by atoms with Gasteiger partial charge in [-0.25, -0.2) is 0 Å². The van der Waals surface area contributed by atoms with E-state index in [9.17, 15) is 0 Å². The molecular weight excluding hydrogens is 172 g/mol. The molecule has 1 aliphatic heterocycles. The number of nitrogens with two attached hydrogens (primary N) is 1. The van der Waals surface area contributed by atoms with Gasteiger partial charge >= 0.3 is 0 Å². The van der Waals surface area contributed by atoms with E-state index in [4.69, 9.17) is 5.73 Å². The van der Waals surface area contributed by atoms with Crippen molar-refractivity contribution in [2.75, 3.05) is 19.6 Å². The molecular formula is C12H22N2. The number of likely N-dealkylation sites (tertiary alicyclic amines) is 1. The molecule has 2 aliphatic carbocycles. The minimum Gasteiger partial charge on any atom is -0.327 e. The Kier molecular flexibility index (Phi) is 2.10. The van der Waals surface area contributed by atoms with E-state index in [0.29, 0.717) is 6.04 Å². The molecule has 3 rings (SSSR count). The molecule has 2 heteroatoms. The topological polar surface area (TPSA) is 29.3 Å². The maximum Gasteiger partial charge on any atom is 0.0139 e. The van der Waals surface area contributed by atoms with Crippen molar-refractivity contribution in [3.05, 3.63) is 0 Å². The number of rotatable bonds is 2. The molecule has 14 heavy (non-hydrogen) atoms. The van der Waals surface area contributed by atoms with Crippen LogP contribution in [-0.2, 0) is 0 Å². The molecule has 0 spiro atoms. The summed E-state index contributed by atoms with van der Waals surface area (Å²) in [5.41, 5.74) is 5.87. The first-order valence-corrected chi connectivity index (χ1v) is 6.22. The van der Waals surface area contributed by atoms with Crippen molar-refractivity contribution < 1.29 is 0 Å². The number of nitrogens with zero attached hydrogens (tertiary/aromatic N) is 1. The van der Waals surface area contributed by atoms with Gasteiger partial charge in [-0.15, -0.1) is 0 Å². The van der Waals surface area contributed by atoms with Crippen LogP contribution in [0.5, 0.6) is 0 Å². The summed E-state index contributed by atoms with van der Waals surface area (Å²) in [7, 11) is 0. The summed E-state index contributed by atoms with van der Waals surface area (Å²) in [5.74, 6) is 4.27. The molecule has 2 unspecified atom stereocenters. The maximum atomic E-state index is 5.87. The van der Waals surface area contributed by atoms with Crippen LogP contribution in [-0.4, -0.2) is 30.6 Å². The molecule has 5 atom stereocenters. The summed E-state index contributed by atoms with van der Waals surface area (Å²) < 4.78 is 0. The van der Waals surface area contributed by atoms with E-state index in [0.717, 1.165) is 30.2 Å². The molecule has 3 aliphatic rings. The van der Waals surface area contributed by atoms with Crippen molar-refractivity contribution in [3.8, 4) is 0 Å². The minimum atomic E-state index is 0.353. The van der Waals surface area contributed by atoms with E-state index >= 15 is 0 Å². The summed E-state index contributed by atoms with van der Waals surface area (Å²) in [4.78, 5) is 2.62. The van der Waals surface area contributed by atoms with Crippen molar-refractivity contribution in [3.63, 3.8) is 0 Å². The molecule has 1 heterocycles. The number of hydrogen-bond acceptors (Lipinski definition) is 2. The van der Waals surface area contributed by atoms with Crippen molar-refractivity contribution in [1.29, 1.82) is 0 Å². The standard InChI is InChI=1S/C12H22N2/c1-8(13)5-14-6-11-9-2-3-10(4-9)12(11)7-14/h8-12H,2-7,13H2,1H3/t8-,9?,10?,11-,12+/m0/s1. The lowest BCUT2D eigenvalue weighted by molar-refractivity contribution is 0.281. The fourth-order valence-corrected chi connectivity index (χ4v) is 4.33. The molecule has 2 N–H and O–H groups in total. The number of fused-ring (bicyclic) bond motifs is 5. The first kappa shape index (κ1) is 9.17. The van der Waals surface area contributed by atoms with Crippen molar-refractivity contribution in [2.24, 2.45) is 29.4 Å². The first-order chi connectivity index (χ1) is 6.74. The van der Waals surface area contributed by atoms with Gasteiger partial charge in [-0.1, -0.05) is 0 Å². The summed E-state index contributed by atoms with van der Waals surface area (Å²) >= 11 is 0. The van der Waals surface area contributed by atoms with E-state index < -0.39 is 0 Å².